The summed E-state index contributed by atoms with van der Waals surface area (Å²) in [5.74, 6) is 0.313. The molecule has 1 aliphatic heterocycles. The van der Waals surface area contributed by atoms with E-state index < -0.39 is 0 Å². The zero-order valence-corrected chi connectivity index (χ0v) is 18.2. The molecule has 0 bridgehead atoms. The van der Waals surface area contributed by atoms with E-state index in [4.69, 9.17) is 0 Å². The molecule has 0 radical (unpaired) electrons. The molecule has 0 aromatic heterocycles. The van der Waals surface area contributed by atoms with Crippen molar-refractivity contribution in [2.24, 2.45) is 0 Å². The number of hydrogen-bond donors (Lipinski definition) is 1. The van der Waals surface area contributed by atoms with Crippen molar-refractivity contribution in [3.63, 3.8) is 0 Å². The van der Waals surface area contributed by atoms with Gasteiger partial charge in [-0.1, -0.05) is 24.3 Å². The molecular formula is C24H33N3O2. The van der Waals surface area contributed by atoms with E-state index in [1.165, 1.54) is 0 Å². The van der Waals surface area contributed by atoms with Gasteiger partial charge in [0.25, 0.3) is 5.91 Å². The van der Waals surface area contributed by atoms with E-state index in [1.807, 2.05) is 38.2 Å². The fraction of sp³-hybridized carbons (Fsp3) is 0.458. The summed E-state index contributed by atoms with van der Waals surface area (Å²) in [4.78, 5) is 19.1. The standard InChI is InChI=1S/C24H33N3O2/c1-6-25(4)24(29)20-12-10-19(11-13-20)23(21-8-7-9-22(28)14-21)27-16-17(2)26(5)15-18(27)3/h7-14,17-18,23,28H,6,15-16H2,1-5H3/t17-,18-,23+/m0/s1. The smallest absolute Gasteiger partial charge is 0.253 e. The molecule has 2 aromatic carbocycles. The topological polar surface area (TPSA) is 47.0 Å². The molecule has 2 aromatic rings. The SMILES string of the molecule is CCN(C)C(=O)c1ccc([C@H](c2cccc(O)c2)N2C[C@H](C)N(C)C[C@@H]2C)cc1. The van der Waals surface area contributed by atoms with Crippen molar-refractivity contribution in [2.45, 2.75) is 38.9 Å². The normalized spacial score (nSPS) is 21.7. The van der Waals surface area contributed by atoms with E-state index in [1.54, 1.807) is 11.0 Å². The van der Waals surface area contributed by atoms with Gasteiger partial charge in [0.15, 0.2) is 0 Å². The summed E-state index contributed by atoms with van der Waals surface area (Å²) in [6.45, 7) is 9.10. The average Bonchev–Trinajstić information content (AvgIpc) is 2.71. The number of aromatic hydroxyl groups is 1. The summed E-state index contributed by atoms with van der Waals surface area (Å²) in [7, 11) is 3.99. The van der Waals surface area contributed by atoms with Crippen molar-refractivity contribution in [3.05, 3.63) is 65.2 Å². The van der Waals surface area contributed by atoms with Gasteiger partial charge in [0.2, 0.25) is 0 Å². The highest BCUT2D eigenvalue weighted by Crippen LogP contribution is 2.34. The highest BCUT2D eigenvalue weighted by atomic mass is 16.3. The quantitative estimate of drug-likeness (QED) is 0.840. The highest BCUT2D eigenvalue weighted by molar-refractivity contribution is 5.94. The van der Waals surface area contributed by atoms with Crippen molar-refractivity contribution in [2.75, 3.05) is 33.7 Å². The maximum atomic E-state index is 12.5. The Labute approximate surface area is 174 Å². The average molecular weight is 396 g/mol. The lowest BCUT2D eigenvalue weighted by Gasteiger charge is -2.46. The molecule has 0 spiro atoms. The Morgan fingerprint density at radius 3 is 2.41 bits per heavy atom. The number of hydrogen-bond acceptors (Lipinski definition) is 4. The fourth-order valence-electron chi connectivity index (χ4n) is 4.13. The molecule has 5 heteroatoms. The van der Waals surface area contributed by atoms with E-state index >= 15 is 0 Å². The van der Waals surface area contributed by atoms with Gasteiger partial charge in [0, 0.05) is 44.3 Å². The summed E-state index contributed by atoms with van der Waals surface area (Å²) in [6.07, 6.45) is 0. The second-order valence-corrected chi connectivity index (χ2v) is 8.27. The van der Waals surface area contributed by atoms with Crippen LogP contribution in [0.15, 0.2) is 48.5 Å². The predicted molar refractivity (Wildman–Crippen MR) is 117 cm³/mol. The fourth-order valence-corrected chi connectivity index (χ4v) is 4.13. The van der Waals surface area contributed by atoms with Crippen LogP contribution in [0.4, 0.5) is 0 Å². The highest BCUT2D eigenvalue weighted by Gasteiger charge is 2.33. The lowest BCUT2D eigenvalue weighted by molar-refractivity contribution is 0.0389. The molecule has 3 rings (SSSR count). The van der Waals surface area contributed by atoms with E-state index in [2.05, 4.69) is 48.9 Å². The van der Waals surface area contributed by atoms with Crippen LogP contribution in [0.5, 0.6) is 5.75 Å². The summed E-state index contributed by atoms with van der Waals surface area (Å²) >= 11 is 0. The van der Waals surface area contributed by atoms with E-state index in [9.17, 15) is 9.90 Å². The lowest BCUT2D eigenvalue weighted by Crippen LogP contribution is -2.55. The van der Waals surface area contributed by atoms with Crippen molar-refractivity contribution >= 4 is 5.91 Å². The van der Waals surface area contributed by atoms with E-state index in [-0.39, 0.29) is 17.7 Å². The van der Waals surface area contributed by atoms with Crippen LogP contribution < -0.4 is 0 Å². The summed E-state index contributed by atoms with van der Waals surface area (Å²) in [5.41, 5.74) is 2.90. The molecule has 156 valence electrons. The number of rotatable bonds is 5. The molecule has 29 heavy (non-hydrogen) atoms. The van der Waals surface area contributed by atoms with Gasteiger partial charge in [-0.05, 0) is 63.2 Å². The Morgan fingerprint density at radius 2 is 1.79 bits per heavy atom. The van der Waals surface area contributed by atoms with E-state index in [0.29, 0.717) is 24.2 Å². The van der Waals surface area contributed by atoms with Gasteiger partial charge in [-0.25, -0.2) is 0 Å². The van der Waals surface area contributed by atoms with Gasteiger partial charge < -0.3 is 14.9 Å². The third-order valence-electron chi connectivity index (χ3n) is 6.16. The van der Waals surface area contributed by atoms with Gasteiger partial charge in [-0.2, -0.15) is 0 Å². The Bertz CT molecular complexity index is 836. The minimum Gasteiger partial charge on any atom is -0.508 e. The molecule has 5 nitrogen and oxygen atoms in total. The first-order valence-electron chi connectivity index (χ1n) is 10.4. The molecule has 0 saturated carbocycles. The largest absolute Gasteiger partial charge is 0.508 e. The third kappa shape index (κ3) is 4.62. The molecule has 0 unspecified atom stereocenters. The van der Waals surface area contributed by atoms with Gasteiger partial charge in [0.05, 0.1) is 6.04 Å². The molecule has 1 aliphatic rings. The van der Waals surface area contributed by atoms with Crippen LogP contribution in [0.2, 0.25) is 0 Å². The van der Waals surface area contributed by atoms with Crippen molar-refractivity contribution in [3.8, 4) is 5.75 Å². The number of piperazine rings is 1. The van der Waals surface area contributed by atoms with Gasteiger partial charge in [0.1, 0.15) is 5.75 Å². The second-order valence-electron chi connectivity index (χ2n) is 8.27. The Balaban J connectivity index is 1.99. The minimum absolute atomic E-state index is 0.0290. The van der Waals surface area contributed by atoms with Crippen LogP contribution >= 0.6 is 0 Å². The van der Waals surface area contributed by atoms with Gasteiger partial charge in [-0.15, -0.1) is 0 Å². The van der Waals surface area contributed by atoms with Crippen LogP contribution in [-0.2, 0) is 0 Å². The first-order valence-corrected chi connectivity index (χ1v) is 10.4. The van der Waals surface area contributed by atoms with E-state index in [0.717, 1.165) is 24.2 Å². The lowest BCUT2D eigenvalue weighted by atomic mass is 9.93. The molecule has 1 saturated heterocycles. The molecule has 3 atom stereocenters. The summed E-state index contributed by atoms with van der Waals surface area (Å²) < 4.78 is 0. The Morgan fingerprint density at radius 1 is 1.10 bits per heavy atom. The number of likely N-dealkylation sites (N-methyl/N-ethyl adjacent to an activating group) is 1. The van der Waals surface area contributed by atoms with Crippen LogP contribution in [-0.4, -0.2) is 71.5 Å². The molecule has 1 N–H and O–H groups in total. The number of phenols is 1. The number of carbonyl (C=O) groups is 1. The predicted octanol–water partition coefficient (Wildman–Crippen LogP) is 3.60. The number of amides is 1. The third-order valence-corrected chi connectivity index (χ3v) is 6.16. The zero-order chi connectivity index (χ0) is 21.1. The monoisotopic (exact) mass is 395 g/mol. The minimum atomic E-state index is 0.0290. The molecule has 1 fully saturated rings. The summed E-state index contributed by atoms with van der Waals surface area (Å²) in [6, 6.07) is 16.3. The first-order chi connectivity index (χ1) is 13.8. The number of phenolic OH excluding ortho intramolecular Hbond substituents is 1. The molecule has 1 amide bonds. The van der Waals surface area contributed by atoms with Crippen molar-refractivity contribution < 1.29 is 9.90 Å². The maximum Gasteiger partial charge on any atom is 0.253 e. The van der Waals surface area contributed by atoms with Crippen LogP contribution in [0.25, 0.3) is 0 Å². The number of carbonyl (C=O) groups excluding carboxylic acids is 1. The first kappa shape index (κ1) is 21.3. The summed E-state index contributed by atoms with van der Waals surface area (Å²) in [5, 5.41) is 10.1. The number of nitrogens with zero attached hydrogens (tertiary/aromatic N) is 3. The van der Waals surface area contributed by atoms with Crippen molar-refractivity contribution in [1.82, 2.24) is 14.7 Å². The van der Waals surface area contributed by atoms with Crippen LogP contribution in [0, 0.1) is 0 Å². The van der Waals surface area contributed by atoms with Gasteiger partial charge >= 0.3 is 0 Å². The maximum absolute atomic E-state index is 12.5. The molecule has 0 aliphatic carbocycles. The zero-order valence-electron chi connectivity index (χ0n) is 18.2. The molecule has 1 heterocycles. The second kappa shape index (κ2) is 8.97. The van der Waals surface area contributed by atoms with Crippen LogP contribution in [0.1, 0.15) is 48.3 Å². The Kier molecular flexibility index (Phi) is 6.60. The van der Waals surface area contributed by atoms with Crippen LogP contribution in [0.3, 0.4) is 0 Å². The van der Waals surface area contributed by atoms with Gasteiger partial charge in [-0.3, -0.25) is 9.69 Å². The number of benzene rings is 2. The Hall–Kier alpha value is -2.37. The van der Waals surface area contributed by atoms with Crippen molar-refractivity contribution in [1.29, 1.82) is 0 Å². The molecular weight excluding hydrogens is 362 g/mol.